The van der Waals surface area contributed by atoms with Crippen molar-refractivity contribution in [2.75, 3.05) is 26.7 Å². The highest BCUT2D eigenvalue weighted by atomic mass is 32.2. The molecule has 3 aromatic rings. The number of benzene rings is 1. The molecule has 4 heterocycles. The van der Waals surface area contributed by atoms with Crippen LogP contribution in [0.5, 0.6) is 11.5 Å². The number of aryl methyl sites for hydroxylation is 1. The summed E-state index contributed by atoms with van der Waals surface area (Å²) in [4.78, 5) is 68.8. The summed E-state index contributed by atoms with van der Waals surface area (Å²) >= 11 is 0. The first-order chi connectivity index (χ1) is 28.4. The lowest BCUT2D eigenvalue weighted by Crippen LogP contribution is -2.57. The highest BCUT2D eigenvalue weighted by Crippen LogP contribution is 2.48. The molecule has 1 unspecified atom stereocenters. The van der Waals surface area contributed by atoms with Crippen LogP contribution in [-0.4, -0.2) is 113 Å². The van der Waals surface area contributed by atoms with Gasteiger partial charge in [0.2, 0.25) is 28.6 Å². The average Bonchev–Trinajstić information content (AvgIpc) is 4.12. The molecule has 2 aromatic heterocycles. The van der Waals surface area contributed by atoms with Crippen molar-refractivity contribution in [2.24, 2.45) is 17.3 Å². The molecular formula is C43H52F2N6O8S. The van der Waals surface area contributed by atoms with E-state index >= 15 is 0 Å². The maximum atomic E-state index is 14.9. The SMILES string of the molecule is C=C[C@@H]1CC1(NC(=O)[C@@H]1C[C@@H](Oc2cc(-c3cccnc3)nc3c(C)c(OC)ccc23)CN1C(=O)[C@@H](CC(=O)N1CCCC(F)(F)C1)C(C)(C)C)C(=O)N(C1CC1)[SH](=O)=O. The predicted octanol–water partition coefficient (Wildman–Crippen LogP) is 4.85. The number of hydrogen-bond donors (Lipinski definition) is 2. The summed E-state index contributed by atoms with van der Waals surface area (Å²) in [6.07, 6.45) is 4.58. The number of hydrogen-bond acceptors (Lipinski definition) is 10. The minimum atomic E-state index is -3.29. The van der Waals surface area contributed by atoms with Crippen LogP contribution in [0.25, 0.3) is 22.2 Å². The van der Waals surface area contributed by atoms with Crippen LogP contribution in [0.4, 0.5) is 8.78 Å². The quantitative estimate of drug-likeness (QED) is 0.179. The van der Waals surface area contributed by atoms with Gasteiger partial charge in [0.15, 0.2) is 0 Å². The van der Waals surface area contributed by atoms with Gasteiger partial charge in [0, 0.05) is 72.7 Å². The number of rotatable bonds is 13. The van der Waals surface area contributed by atoms with E-state index in [1.807, 2.05) is 19.1 Å². The first-order valence-electron chi connectivity index (χ1n) is 20.3. The van der Waals surface area contributed by atoms with Crippen LogP contribution in [0, 0.1) is 24.2 Å². The van der Waals surface area contributed by atoms with Crippen LogP contribution in [0.15, 0.2) is 55.4 Å². The third-order valence-electron chi connectivity index (χ3n) is 12.2. The number of aromatic nitrogens is 2. The van der Waals surface area contributed by atoms with E-state index in [0.29, 0.717) is 46.5 Å². The Kier molecular flexibility index (Phi) is 11.7. The van der Waals surface area contributed by atoms with Crippen LogP contribution in [-0.2, 0) is 30.1 Å². The molecule has 2 aliphatic heterocycles. The first kappa shape index (κ1) is 42.9. The van der Waals surface area contributed by atoms with Gasteiger partial charge in [-0.15, -0.1) is 6.58 Å². The van der Waals surface area contributed by atoms with Crippen molar-refractivity contribution in [3.05, 3.63) is 60.9 Å². The van der Waals surface area contributed by atoms with Crippen LogP contribution < -0.4 is 14.8 Å². The van der Waals surface area contributed by atoms with E-state index in [4.69, 9.17) is 14.5 Å². The number of alkyl halides is 2. The van der Waals surface area contributed by atoms with Crippen LogP contribution in [0.2, 0.25) is 0 Å². The monoisotopic (exact) mass is 850 g/mol. The normalized spacial score (nSPS) is 24.2. The number of halogens is 2. The Hall–Kier alpha value is -5.19. The highest BCUT2D eigenvalue weighted by molar-refractivity contribution is 7.70. The highest BCUT2D eigenvalue weighted by Gasteiger charge is 2.63. The number of likely N-dealkylation sites (tertiary alicyclic amines) is 2. The Morgan fingerprint density at radius 1 is 1.15 bits per heavy atom. The number of nitrogens with one attached hydrogen (secondary N) is 1. The zero-order valence-corrected chi connectivity index (χ0v) is 35.4. The summed E-state index contributed by atoms with van der Waals surface area (Å²) in [5.41, 5.74) is 0.187. The van der Waals surface area contributed by atoms with Crippen molar-refractivity contribution in [3.63, 3.8) is 0 Å². The number of pyridine rings is 2. The molecule has 4 fully saturated rings. The van der Waals surface area contributed by atoms with Crippen molar-refractivity contribution in [1.82, 2.24) is 29.4 Å². The minimum Gasteiger partial charge on any atom is -0.496 e. The largest absolute Gasteiger partial charge is 0.496 e. The van der Waals surface area contributed by atoms with Gasteiger partial charge in [-0.1, -0.05) is 26.8 Å². The molecule has 2 aliphatic carbocycles. The Morgan fingerprint density at radius 2 is 1.90 bits per heavy atom. The number of carbonyl (C=O) groups excluding carboxylic acids is 4. The average molecular weight is 851 g/mol. The number of piperidine rings is 1. The molecule has 1 N–H and O–H groups in total. The number of ether oxygens (including phenoxy) is 2. The van der Waals surface area contributed by atoms with E-state index in [-0.39, 0.29) is 45.2 Å². The molecule has 4 amide bonds. The maximum Gasteiger partial charge on any atom is 0.265 e. The van der Waals surface area contributed by atoms with Crippen molar-refractivity contribution in [3.8, 4) is 22.8 Å². The number of amides is 4. The lowest BCUT2D eigenvalue weighted by atomic mass is 9.77. The minimum absolute atomic E-state index is 0.0346. The van der Waals surface area contributed by atoms with Crippen molar-refractivity contribution in [2.45, 2.75) is 102 Å². The smallest absolute Gasteiger partial charge is 0.265 e. The fourth-order valence-electron chi connectivity index (χ4n) is 8.58. The standard InChI is InChI=1S/C43H52F2N6O8S/c1-7-27-21-43(27,40(55)51(60(56)57)28-11-12-28)48-38(53)33-18-29(23-50(33)39(54)31(41(3,4)5)19-36(52)49-17-9-15-42(44,45)24-49)59-35-20-32(26-10-8-16-46-22-26)47-37-25(2)34(58-6)14-13-30(35)37/h7-8,10,13-14,16,20,22,27-29,31,33,60H,1,9,11-12,15,17-19,21,23-24H2,2-6H3,(H,48,53)/t27-,29-,31-,33+,43?/m1/s1. The van der Waals surface area contributed by atoms with Crippen molar-refractivity contribution < 1.29 is 45.9 Å². The van der Waals surface area contributed by atoms with Crippen LogP contribution >= 0.6 is 0 Å². The van der Waals surface area contributed by atoms with Gasteiger partial charge in [0.1, 0.15) is 29.2 Å². The fourth-order valence-corrected chi connectivity index (χ4v) is 9.40. The first-order valence-corrected chi connectivity index (χ1v) is 21.4. The Labute approximate surface area is 349 Å². The van der Waals surface area contributed by atoms with Gasteiger partial charge >= 0.3 is 0 Å². The Balaban J connectivity index is 1.24. The Bertz CT molecular complexity index is 2270. The molecule has 4 aliphatic rings. The number of nitrogens with zero attached hydrogens (tertiary/aromatic N) is 5. The Morgan fingerprint density at radius 3 is 2.50 bits per heavy atom. The molecule has 0 bridgehead atoms. The topological polar surface area (TPSA) is 168 Å². The molecule has 14 nitrogen and oxygen atoms in total. The summed E-state index contributed by atoms with van der Waals surface area (Å²) in [5, 5.41) is 3.49. The van der Waals surface area contributed by atoms with Gasteiger partial charge in [-0.25, -0.2) is 26.5 Å². The van der Waals surface area contributed by atoms with Gasteiger partial charge in [-0.2, -0.15) is 0 Å². The molecule has 1 aromatic carbocycles. The van der Waals surface area contributed by atoms with E-state index in [2.05, 4.69) is 16.9 Å². The van der Waals surface area contributed by atoms with E-state index in [9.17, 15) is 36.4 Å². The second-order valence-corrected chi connectivity index (χ2v) is 18.4. The van der Waals surface area contributed by atoms with Crippen molar-refractivity contribution in [1.29, 1.82) is 0 Å². The van der Waals surface area contributed by atoms with Gasteiger partial charge in [0.05, 0.1) is 37.3 Å². The summed E-state index contributed by atoms with van der Waals surface area (Å²) < 4.78 is 66.6. The van der Waals surface area contributed by atoms with E-state index < -0.39 is 88.0 Å². The second-order valence-electron chi connectivity index (χ2n) is 17.5. The lowest BCUT2D eigenvalue weighted by molar-refractivity contribution is -0.151. The lowest BCUT2D eigenvalue weighted by Gasteiger charge is -2.37. The second kappa shape index (κ2) is 16.3. The van der Waals surface area contributed by atoms with Crippen LogP contribution in [0.1, 0.15) is 71.3 Å². The summed E-state index contributed by atoms with van der Waals surface area (Å²) in [6, 6.07) is 7.30. The van der Waals surface area contributed by atoms with Gasteiger partial charge in [-0.05, 0) is 62.3 Å². The number of carbonyl (C=O) groups is 4. The van der Waals surface area contributed by atoms with Gasteiger partial charge < -0.3 is 24.6 Å². The number of fused-ring (bicyclic) bond motifs is 1. The molecule has 60 heavy (non-hydrogen) atoms. The molecule has 2 saturated heterocycles. The molecule has 5 atom stereocenters. The van der Waals surface area contributed by atoms with E-state index in [0.717, 1.165) is 14.8 Å². The summed E-state index contributed by atoms with van der Waals surface area (Å²) in [5.74, 6) is -6.20. The fraction of sp³-hybridized carbons (Fsp3) is 0.535. The molecule has 2 saturated carbocycles. The zero-order chi connectivity index (χ0) is 43.3. The number of thiol groups is 1. The molecular weight excluding hydrogens is 799 g/mol. The molecule has 7 rings (SSSR count). The third kappa shape index (κ3) is 8.54. The summed E-state index contributed by atoms with van der Waals surface area (Å²) in [7, 11) is -1.72. The molecule has 0 spiro atoms. The molecule has 322 valence electrons. The number of methoxy groups -OCH3 is 1. The van der Waals surface area contributed by atoms with Crippen molar-refractivity contribution >= 4 is 45.4 Å². The van der Waals surface area contributed by atoms with Gasteiger partial charge in [0.25, 0.3) is 11.8 Å². The van der Waals surface area contributed by atoms with E-state index in [1.165, 1.54) is 11.0 Å². The van der Waals surface area contributed by atoms with Crippen LogP contribution in [0.3, 0.4) is 0 Å². The third-order valence-corrected chi connectivity index (χ3v) is 13.1. The van der Waals surface area contributed by atoms with E-state index in [1.54, 1.807) is 58.5 Å². The summed E-state index contributed by atoms with van der Waals surface area (Å²) in [6.45, 7) is 10.3. The molecule has 17 heteroatoms. The maximum absolute atomic E-state index is 14.9. The zero-order valence-electron chi connectivity index (χ0n) is 34.5. The predicted molar refractivity (Wildman–Crippen MR) is 218 cm³/mol. The van der Waals surface area contributed by atoms with Gasteiger partial charge in [-0.3, -0.25) is 24.2 Å². The molecule has 0 radical (unpaired) electrons.